The van der Waals surface area contributed by atoms with Crippen LogP contribution in [0.4, 0.5) is 0 Å². The highest BCUT2D eigenvalue weighted by Crippen LogP contribution is 2.24. The van der Waals surface area contributed by atoms with Crippen molar-refractivity contribution < 1.29 is 9.90 Å². The van der Waals surface area contributed by atoms with Crippen molar-refractivity contribution in [2.24, 2.45) is 0 Å². The summed E-state index contributed by atoms with van der Waals surface area (Å²) in [6, 6.07) is 14.1. The van der Waals surface area contributed by atoms with E-state index in [-0.39, 0.29) is 22.2 Å². The van der Waals surface area contributed by atoms with Crippen LogP contribution in [0, 0.1) is 0 Å². The normalized spacial score (nSPS) is 10.1. The zero-order valence-electron chi connectivity index (χ0n) is 9.56. The standard InChI is InChI=1S/C14H12ClNO2/c15-11-7-4-8-12(17)13(11)14(18)16-9-10-5-2-1-3-6-10/h1-8,17H,9H2,(H,16,18). The maximum absolute atomic E-state index is 11.9. The third-order valence-electron chi connectivity index (χ3n) is 2.51. The molecule has 18 heavy (non-hydrogen) atoms. The summed E-state index contributed by atoms with van der Waals surface area (Å²) in [6.45, 7) is 0.393. The van der Waals surface area contributed by atoms with Crippen LogP contribution in [-0.2, 0) is 6.54 Å². The number of carbonyl (C=O) groups excluding carboxylic acids is 1. The molecular weight excluding hydrogens is 250 g/mol. The van der Waals surface area contributed by atoms with E-state index >= 15 is 0 Å². The highest BCUT2D eigenvalue weighted by molar-refractivity contribution is 6.34. The number of hydrogen-bond donors (Lipinski definition) is 2. The van der Waals surface area contributed by atoms with Gasteiger partial charge < -0.3 is 10.4 Å². The van der Waals surface area contributed by atoms with Crippen molar-refractivity contribution in [3.05, 3.63) is 64.7 Å². The number of halogens is 1. The molecule has 0 fully saturated rings. The molecule has 0 aromatic heterocycles. The molecule has 0 spiro atoms. The Labute approximate surface area is 110 Å². The van der Waals surface area contributed by atoms with Crippen LogP contribution in [0.1, 0.15) is 15.9 Å². The van der Waals surface area contributed by atoms with Gasteiger partial charge in [-0.1, -0.05) is 48.0 Å². The topological polar surface area (TPSA) is 49.3 Å². The Balaban J connectivity index is 2.09. The van der Waals surface area contributed by atoms with Crippen LogP contribution in [0.15, 0.2) is 48.5 Å². The monoisotopic (exact) mass is 261 g/mol. The van der Waals surface area contributed by atoms with Gasteiger partial charge in [0.05, 0.1) is 10.6 Å². The maximum atomic E-state index is 11.9. The second-order valence-corrected chi connectivity index (χ2v) is 4.21. The molecule has 2 rings (SSSR count). The van der Waals surface area contributed by atoms with Gasteiger partial charge in [0.1, 0.15) is 5.75 Å². The van der Waals surface area contributed by atoms with Crippen LogP contribution in [-0.4, -0.2) is 11.0 Å². The summed E-state index contributed by atoms with van der Waals surface area (Å²) in [4.78, 5) is 11.9. The first-order valence-electron chi connectivity index (χ1n) is 5.48. The van der Waals surface area contributed by atoms with E-state index in [0.717, 1.165) is 5.56 Å². The van der Waals surface area contributed by atoms with Crippen LogP contribution >= 0.6 is 11.6 Å². The van der Waals surface area contributed by atoms with Gasteiger partial charge in [-0.05, 0) is 17.7 Å². The van der Waals surface area contributed by atoms with Crippen LogP contribution in [0.3, 0.4) is 0 Å². The largest absolute Gasteiger partial charge is 0.507 e. The van der Waals surface area contributed by atoms with Crippen molar-refractivity contribution in [2.75, 3.05) is 0 Å². The first-order valence-corrected chi connectivity index (χ1v) is 5.86. The van der Waals surface area contributed by atoms with Gasteiger partial charge >= 0.3 is 0 Å². The van der Waals surface area contributed by atoms with Gasteiger partial charge in [-0.25, -0.2) is 0 Å². The molecule has 0 unspecified atom stereocenters. The molecule has 1 amide bonds. The fraction of sp³-hybridized carbons (Fsp3) is 0.0714. The lowest BCUT2D eigenvalue weighted by molar-refractivity contribution is 0.0948. The molecule has 0 saturated heterocycles. The molecule has 2 N–H and O–H groups in total. The van der Waals surface area contributed by atoms with Crippen molar-refractivity contribution in [1.29, 1.82) is 0 Å². The number of rotatable bonds is 3. The van der Waals surface area contributed by atoms with Gasteiger partial charge in [0.15, 0.2) is 0 Å². The first kappa shape index (κ1) is 12.5. The number of aromatic hydroxyl groups is 1. The number of phenolic OH excluding ortho intramolecular Hbond substituents is 1. The van der Waals surface area contributed by atoms with Crippen LogP contribution in [0.2, 0.25) is 5.02 Å². The van der Waals surface area contributed by atoms with Crippen molar-refractivity contribution in [2.45, 2.75) is 6.54 Å². The SMILES string of the molecule is O=C(NCc1ccccc1)c1c(O)cccc1Cl. The number of carbonyl (C=O) groups is 1. The Morgan fingerprint density at radius 3 is 2.50 bits per heavy atom. The lowest BCUT2D eigenvalue weighted by Crippen LogP contribution is -2.23. The zero-order chi connectivity index (χ0) is 13.0. The third-order valence-corrected chi connectivity index (χ3v) is 2.83. The fourth-order valence-electron chi connectivity index (χ4n) is 1.60. The van der Waals surface area contributed by atoms with Crippen LogP contribution in [0.5, 0.6) is 5.75 Å². The van der Waals surface area contributed by atoms with Gasteiger partial charge in [-0.15, -0.1) is 0 Å². The molecule has 0 aliphatic rings. The minimum Gasteiger partial charge on any atom is -0.507 e. The minimum absolute atomic E-state index is 0.107. The summed E-state index contributed by atoms with van der Waals surface area (Å²) in [7, 11) is 0. The summed E-state index contributed by atoms with van der Waals surface area (Å²) >= 11 is 5.89. The second-order valence-electron chi connectivity index (χ2n) is 3.80. The van der Waals surface area contributed by atoms with Gasteiger partial charge in [0.2, 0.25) is 0 Å². The second kappa shape index (κ2) is 5.56. The molecule has 0 aliphatic heterocycles. The lowest BCUT2D eigenvalue weighted by atomic mass is 10.1. The number of amides is 1. The average molecular weight is 262 g/mol. The van der Waals surface area contributed by atoms with Gasteiger partial charge in [0, 0.05) is 6.54 Å². The smallest absolute Gasteiger partial charge is 0.256 e. The van der Waals surface area contributed by atoms with E-state index in [0.29, 0.717) is 6.54 Å². The number of hydrogen-bond acceptors (Lipinski definition) is 2. The van der Waals surface area contributed by atoms with Crippen molar-refractivity contribution in [1.82, 2.24) is 5.32 Å². The molecule has 2 aromatic rings. The predicted molar refractivity (Wildman–Crippen MR) is 70.7 cm³/mol. The van der Waals surface area contributed by atoms with Crippen molar-refractivity contribution in [3.63, 3.8) is 0 Å². The van der Waals surface area contributed by atoms with Gasteiger partial charge in [-0.2, -0.15) is 0 Å². The van der Waals surface area contributed by atoms with E-state index in [9.17, 15) is 9.90 Å². The molecule has 2 aromatic carbocycles. The lowest BCUT2D eigenvalue weighted by Gasteiger charge is -2.08. The molecule has 0 saturated carbocycles. The zero-order valence-corrected chi connectivity index (χ0v) is 10.3. The molecule has 92 valence electrons. The Bertz CT molecular complexity index is 535. The minimum atomic E-state index is -0.387. The van der Waals surface area contributed by atoms with E-state index in [2.05, 4.69) is 5.32 Å². The third kappa shape index (κ3) is 2.81. The Hall–Kier alpha value is -2.00. The van der Waals surface area contributed by atoms with Crippen LogP contribution < -0.4 is 5.32 Å². The fourth-order valence-corrected chi connectivity index (χ4v) is 1.86. The van der Waals surface area contributed by atoms with Crippen molar-refractivity contribution >= 4 is 17.5 Å². The number of phenols is 1. The maximum Gasteiger partial charge on any atom is 0.256 e. The highest BCUT2D eigenvalue weighted by Gasteiger charge is 2.14. The van der Waals surface area contributed by atoms with E-state index in [1.807, 2.05) is 30.3 Å². The summed E-state index contributed by atoms with van der Waals surface area (Å²) in [6.07, 6.45) is 0. The van der Waals surface area contributed by atoms with Gasteiger partial charge in [-0.3, -0.25) is 4.79 Å². The summed E-state index contributed by atoms with van der Waals surface area (Å²) in [5.74, 6) is -0.505. The summed E-state index contributed by atoms with van der Waals surface area (Å²) in [5.41, 5.74) is 1.09. The molecule has 0 radical (unpaired) electrons. The molecular formula is C14H12ClNO2. The predicted octanol–water partition coefficient (Wildman–Crippen LogP) is 2.98. The summed E-state index contributed by atoms with van der Waals surface area (Å²) in [5, 5.41) is 12.6. The molecule has 0 aliphatic carbocycles. The van der Waals surface area contributed by atoms with Crippen LogP contribution in [0.25, 0.3) is 0 Å². The summed E-state index contributed by atoms with van der Waals surface area (Å²) < 4.78 is 0. The first-order chi connectivity index (χ1) is 8.68. The number of benzene rings is 2. The molecule has 3 nitrogen and oxygen atoms in total. The number of nitrogens with one attached hydrogen (secondary N) is 1. The van der Waals surface area contributed by atoms with Crippen molar-refractivity contribution in [3.8, 4) is 5.75 Å². The Kier molecular flexibility index (Phi) is 3.85. The molecule has 4 heteroatoms. The Morgan fingerprint density at radius 2 is 1.83 bits per heavy atom. The molecule has 0 heterocycles. The highest BCUT2D eigenvalue weighted by atomic mass is 35.5. The van der Waals surface area contributed by atoms with Gasteiger partial charge in [0.25, 0.3) is 5.91 Å². The van der Waals surface area contributed by atoms with E-state index in [1.54, 1.807) is 12.1 Å². The average Bonchev–Trinajstić information content (AvgIpc) is 2.37. The van der Waals surface area contributed by atoms with E-state index < -0.39 is 0 Å². The Morgan fingerprint density at radius 1 is 1.11 bits per heavy atom. The molecule has 0 bridgehead atoms. The van der Waals surface area contributed by atoms with E-state index in [4.69, 9.17) is 11.6 Å². The quantitative estimate of drug-likeness (QED) is 0.892. The van der Waals surface area contributed by atoms with E-state index in [1.165, 1.54) is 6.07 Å². The molecule has 0 atom stereocenters.